The molecule has 0 aromatic rings. The molecule has 0 aliphatic carbocycles. The van der Waals surface area contributed by atoms with Gasteiger partial charge in [-0.2, -0.15) is 0 Å². The monoisotopic (exact) mass is 511 g/mol. The fraction of sp³-hybridized carbons (Fsp3) is 0.895. The molecule has 0 aromatic heterocycles. The first-order chi connectivity index (χ1) is 13.0. The van der Waals surface area contributed by atoms with Crippen molar-refractivity contribution in [3.63, 3.8) is 0 Å². The summed E-state index contributed by atoms with van der Waals surface area (Å²) in [7, 11) is 4.26. The number of rotatable bonds is 6. The molecular formula is C19H38IN5O3. The molecule has 1 amide bonds. The molecule has 0 atom stereocenters. The molecule has 2 rings (SSSR count). The summed E-state index contributed by atoms with van der Waals surface area (Å²) in [5.41, 5.74) is 0.0634. The van der Waals surface area contributed by atoms with E-state index >= 15 is 0 Å². The molecule has 2 aliphatic rings. The fourth-order valence-corrected chi connectivity index (χ4v) is 3.66. The summed E-state index contributed by atoms with van der Waals surface area (Å²) in [5, 5.41) is 6.92. The zero-order chi connectivity index (χ0) is 19.7. The van der Waals surface area contributed by atoms with Crippen molar-refractivity contribution in [2.75, 3.05) is 60.1 Å². The Morgan fingerprint density at radius 1 is 1.25 bits per heavy atom. The topological polar surface area (TPSA) is 78.4 Å². The van der Waals surface area contributed by atoms with E-state index < -0.39 is 0 Å². The van der Waals surface area contributed by atoms with Gasteiger partial charge in [0, 0.05) is 44.4 Å². The lowest BCUT2D eigenvalue weighted by Crippen LogP contribution is -2.53. The van der Waals surface area contributed by atoms with Gasteiger partial charge in [0.1, 0.15) is 0 Å². The Morgan fingerprint density at radius 2 is 1.89 bits per heavy atom. The molecule has 0 bridgehead atoms. The van der Waals surface area contributed by atoms with Crippen molar-refractivity contribution in [1.82, 2.24) is 20.4 Å². The maximum Gasteiger partial charge on any atom is 0.409 e. The zero-order valence-electron chi connectivity index (χ0n) is 17.8. The van der Waals surface area contributed by atoms with E-state index in [1.807, 2.05) is 6.92 Å². The molecule has 2 aliphatic heterocycles. The molecule has 8 nitrogen and oxygen atoms in total. The van der Waals surface area contributed by atoms with Gasteiger partial charge in [0.2, 0.25) is 0 Å². The van der Waals surface area contributed by atoms with Crippen molar-refractivity contribution in [3.8, 4) is 0 Å². The van der Waals surface area contributed by atoms with E-state index in [1.165, 1.54) is 0 Å². The predicted molar refractivity (Wildman–Crippen MR) is 123 cm³/mol. The quantitative estimate of drug-likeness (QED) is 0.322. The Morgan fingerprint density at radius 3 is 2.43 bits per heavy atom. The van der Waals surface area contributed by atoms with Crippen molar-refractivity contribution in [2.45, 2.75) is 51.1 Å². The third kappa shape index (κ3) is 7.22. The number of carbonyl (C=O) groups excluding carboxylic acids is 1. The Balaban J connectivity index is 0.00000392. The summed E-state index contributed by atoms with van der Waals surface area (Å²) in [6, 6.07) is 0.318. The minimum atomic E-state index is -0.205. The minimum absolute atomic E-state index is 0. The number of likely N-dealkylation sites (N-methyl/N-ethyl adjacent to an activating group) is 1. The highest BCUT2D eigenvalue weighted by Crippen LogP contribution is 2.26. The predicted octanol–water partition coefficient (Wildman–Crippen LogP) is 1.89. The molecule has 0 radical (unpaired) electrons. The molecule has 2 fully saturated rings. The van der Waals surface area contributed by atoms with Crippen LogP contribution in [0.1, 0.15) is 39.5 Å². The van der Waals surface area contributed by atoms with Gasteiger partial charge in [-0.3, -0.25) is 4.99 Å². The number of hydrogen-bond donors (Lipinski definition) is 2. The number of nitrogens with one attached hydrogen (secondary N) is 2. The third-order valence-electron chi connectivity index (χ3n) is 5.61. The van der Waals surface area contributed by atoms with Crippen molar-refractivity contribution < 1.29 is 14.3 Å². The second-order valence-corrected chi connectivity index (χ2v) is 7.53. The normalized spacial score (nSPS) is 20.5. The number of ether oxygens (including phenoxy) is 2. The van der Waals surface area contributed by atoms with Gasteiger partial charge >= 0.3 is 6.09 Å². The molecular weight excluding hydrogens is 473 g/mol. The highest BCUT2D eigenvalue weighted by atomic mass is 127. The lowest BCUT2D eigenvalue weighted by atomic mass is 9.89. The molecule has 9 heteroatoms. The van der Waals surface area contributed by atoms with E-state index in [-0.39, 0.29) is 35.6 Å². The first kappa shape index (κ1) is 25.2. The van der Waals surface area contributed by atoms with Crippen LogP contribution >= 0.6 is 24.0 Å². The van der Waals surface area contributed by atoms with Crippen LogP contribution in [0.15, 0.2) is 4.99 Å². The molecule has 2 N–H and O–H groups in total. The van der Waals surface area contributed by atoms with Gasteiger partial charge in [0.25, 0.3) is 0 Å². The van der Waals surface area contributed by atoms with Gasteiger partial charge in [-0.05, 0) is 53.6 Å². The number of piperidine rings is 1. The lowest BCUT2D eigenvalue weighted by molar-refractivity contribution is -0.00256. The number of nitrogens with zero attached hydrogens (tertiary/aromatic N) is 3. The third-order valence-corrected chi connectivity index (χ3v) is 5.61. The molecule has 0 saturated carbocycles. The van der Waals surface area contributed by atoms with E-state index in [1.54, 1.807) is 4.90 Å². The van der Waals surface area contributed by atoms with Gasteiger partial charge < -0.3 is 29.9 Å². The maximum atomic E-state index is 11.8. The molecule has 2 heterocycles. The number of guanidine groups is 1. The van der Waals surface area contributed by atoms with E-state index in [0.29, 0.717) is 12.6 Å². The fourth-order valence-electron chi connectivity index (χ4n) is 3.66. The number of hydrogen-bond acceptors (Lipinski definition) is 5. The summed E-state index contributed by atoms with van der Waals surface area (Å²) in [6.45, 7) is 8.94. The van der Waals surface area contributed by atoms with Crippen molar-refractivity contribution >= 4 is 36.0 Å². The van der Waals surface area contributed by atoms with E-state index in [4.69, 9.17) is 14.5 Å². The molecule has 164 valence electrons. The van der Waals surface area contributed by atoms with Crippen LogP contribution in [0, 0.1) is 0 Å². The maximum absolute atomic E-state index is 11.8. The molecule has 2 saturated heterocycles. The van der Waals surface area contributed by atoms with Gasteiger partial charge in [0.15, 0.2) is 5.96 Å². The van der Waals surface area contributed by atoms with Crippen molar-refractivity contribution in [3.05, 3.63) is 0 Å². The first-order valence-corrected chi connectivity index (χ1v) is 10.2. The average Bonchev–Trinajstić information content (AvgIpc) is 2.67. The smallest absolute Gasteiger partial charge is 0.409 e. The van der Waals surface area contributed by atoms with Crippen LogP contribution in [0.4, 0.5) is 4.79 Å². The second-order valence-electron chi connectivity index (χ2n) is 7.53. The largest absolute Gasteiger partial charge is 0.450 e. The molecule has 0 aromatic carbocycles. The van der Waals surface area contributed by atoms with Crippen LogP contribution in [0.25, 0.3) is 0 Å². The standard InChI is InChI=1S/C19H37N5O3.HI/c1-5-20-17(21-15-19(23(3)4)9-13-26-14-10-19)22-16-7-11-24(12-8-16)18(25)27-6-2;/h16H,5-15H2,1-4H3,(H2,20,21,22);1H. The highest BCUT2D eigenvalue weighted by molar-refractivity contribution is 14.0. The van der Waals surface area contributed by atoms with Crippen LogP contribution in [0.3, 0.4) is 0 Å². The van der Waals surface area contributed by atoms with E-state index in [9.17, 15) is 4.79 Å². The lowest BCUT2D eigenvalue weighted by Gasteiger charge is -2.42. The summed E-state index contributed by atoms with van der Waals surface area (Å²) < 4.78 is 10.6. The van der Waals surface area contributed by atoms with Gasteiger partial charge in [-0.15, -0.1) is 24.0 Å². The Kier molecular flexibility index (Phi) is 11.4. The van der Waals surface area contributed by atoms with Crippen molar-refractivity contribution in [2.24, 2.45) is 4.99 Å². The number of carbonyl (C=O) groups is 1. The van der Waals surface area contributed by atoms with E-state index in [2.05, 4.69) is 36.6 Å². The zero-order valence-corrected chi connectivity index (χ0v) is 20.2. The summed E-state index contributed by atoms with van der Waals surface area (Å²) in [6.07, 6.45) is 3.59. The number of amides is 1. The van der Waals surface area contributed by atoms with Crippen LogP contribution in [-0.2, 0) is 9.47 Å². The molecule has 28 heavy (non-hydrogen) atoms. The molecule has 0 spiro atoms. The summed E-state index contributed by atoms with van der Waals surface area (Å²) in [5.74, 6) is 0.861. The van der Waals surface area contributed by atoms with Gasteiger partial charge in [0.05, 0.1) is 13.2 Å². The Bertz CT molecular complexity index is 490. The van der Waals surface area contributed by atoms with Crippen molar-refractivity contribution in [1.29, 1.82) is 0 Å². The Hall–Kier alpha value is -0.810. The summed E-state index contributed by atoms with van der Waals surface area (Å²) >= 11 is 0. The molecule has 0 unspecified atom stereocenters. The van der Waals surface area contributed by atoms with Crippen LogP contribution in [0.5, 0.6) is 0 Å². The van der Waals surface area contributed by atoms with Gasteiger partial charge in [-0.1, -0.05) is 0 Å². The van der Waals surface area contributed by atoms with Crippen LogP contribution in [-0.4, -0.2) is 93.5 Å². The second kappa shape index (κ2) is 12.7. The first-order valence-electron chi connectivity index (χ1n) is 10.2. The van der Waals surface area contributed by atoms with Crippen LogP contribution in [0.2, 0.25) is 0 Å². The SMILES string of the molecule is CCNC(=NCC1(N(C)C)CCOCC1)NC1CCN(C(=O)OCC)CC1.I. The van der Waals surface area contributed by atoms with Gasteiger partial charge in [-0.25, -0.2) is 4.79 Å². The van der Waals surface area contributed by atoms with Crippen LogP contribution < -0.4 is 10.6 Å². The highest BCUT2D eigenvalue weighted by Gasteiger charge is 2.35. The Labute approximate surface area is 186 Å². The average molecular weight is 511 g/mol. The number of aliphatic imine (C=N–C) groups is 1. The number of likely N-dealkylation sites (tertiary alicyclic amines) is 1. The number of halogens is 1. The van der Waals surface area contributed by atoms with E-state index in [0.717, 1.165) is 71.0 Å². The minimum Gasteiger partial charge on any atom is -0.450 e. The summed E-state index contributed by atoms with van der Waals surface area (Å²) in [4.78, 5) is 20.8.